The van der Waals surface area contributed by atoms with Crippen LogP contribution in [0.5, 0.6) is 0 Å². The molecule has 0 aromatic heterocycles. The van der Waals surface area contributed by atoms with Gasteiger partial charge in [0.05, 0.1) is 50.1 Å². The Labute approximate surface area is 218 Å². The van der Waals surface area contributed by atoms with E-state index >= 15 is 0 Å². The van der Waals surface area contributed by atoms with Crippen LogP contribution in [0, 0.1) is 102 Å². The van der Waals surface area contributed by atoms with E-state index in [-0.39, 0.29) is 6.07 Å². The van der Waals surface area contributed by atoms with E-state index in [9.17, 15) is 68.4 Å². The Kier molecular flexibility index (Phi) is 7.83. The van der Waals surface area contributed by atoms with E-state index in [1.807, 2.05) is 0 Å². The third-order valence-corrected chi connectivity index (χ3v) is 5.19. The standard InChI is InChI=1S/C25HF6N9/c26-24(27,28)20-1-12(18(9-39)23(19(20)10-40)25(29,30)31)13(4-34)22-16(7-37)14(5-35)21(11(2-32)3-33)15(6-36)17(22)8-38/h1H. The van der Waals surface area contributed by atoms with Gasteiger partial charge in [-0.15, -0.1) is 0 Å². The van der Waals surface area contributed by atoms with Gasteiger partial charge in [-0.3, -0.25) is 0 Å². The zero-order valence-electron chi connectivity index (χ0n) is 18.9. The molecule has 0 spiro atoms. The molecule has 2 rings (SSSR count). The fraction of sp³-hybridized carbons (Fsp3) is 0.0800. The molecule has 15 heteroatoms. The molecule has 188 valence electrons. The molecule has 0 N–H and O–H groups in total. The largest absolute Gasteiger partial charge is 0.419 e. The first kappa shape index (κ1) is 29.4. The lowest BCUT2D eigenvalue weighted by Crippen LogP contribution is -2.30. The van der Waals surface area contributed by atoms with E-state index in [4.69, 9.17) is 5.26 Å². The lowest BCUT2D eigenvalue weighted by atomic mass is 9.85. The molecule has 0 aliphatic heterocycles. The van der Waals surface area contributed by atoms with Crippen molar-refractivity contribution in [1.82, 2.24) is 0 Å². The van der Waals surface area contributed by atoms with Gasteiger partial charge in [-0.1, -0.05) is 0 Å². The fourth-order valence-corrected chi connectivity index (χ4v) is 3.70. The highest BCUT2D eigenvalue weighted by Crippen LogP contribution is 2.43. The molecule has 2 aromatic rings. The van der Waals surface area contributed by atoms with Gasteiger partial charge in [0, 0.05) is 16.0 Å². The van der Waals surface area contributed by atoms with Crippen molar-refractivity contribution >= 4 is 11.1 Å². The number of benzene rings is 2. The molecule has 0 bridgehead atoms. The van der Waals surface area contributed by atoms with Crippen molar-refractivity contribution in [3.05, 3.63) is 66.6 Å². The summed E-state index contributed by atoms with van der Waals surface area (Å²) in [5, 5.41) is 84.0. The third-order valence-electron chi connectivity index (χ3n) is 5.19. The van der Waals surface area contributed by atoms with Gasteiger partial charge in [-0.2, -0.15) is 73.7 Å². The van der Waals surface area contributed by atoms with Crippen molar-refractivity contribution in [3.8, 4) is 54.6 Å². The zero-order chi connectivity index (χ0) is 30.6. The molecule has 0 amide bonds. The first-order valence-electron chi connectivity index (χ1n) is 9.72. The summed E-state index contributed by atoms with van der Waals surface area (Å²) >= 11 is 0. The van der Waals surface area contributed by atoms with Gasteiger partial charge in [0.15, 0.2) is 0 Å². The average molecular weight is 541 g/mol. The highest BCUT2D eigenvalue weighted by atomic mass is 19.4. The maximum Gasteiger partial charge on any atom is 0.419 e. The minimum atomic E-state index is -5.76. The van der Waals surface area contributed by atoms with Gasteiger partial charge in [-0.05, 0) is 6.07 Å². The molecular weight excluding hydrogens is 540 g/mol. The Balaban J connectivity index is 3.73. The molecule has 0 saturated heterocycles. The molecule has 0 atom stereocenters. The monoisotopic (exact) mass is 541 g/mol. The lowest BCUT2D eigenvalue weighted by molar-refractivity contribution is -0.143. The van der Waals surface area contributed by atoms with Gasteiger partial charge < -0.3 is 0 Å². The first-order chi connectivity index (χ1) is 18.8. The SMILES string of the molecule is N#CC(C#N)=c1c(C#N)c(C#N)c(=C(C#N)c2cc(C(F)(F)F)c(C#N)c(C(F)(F)F)c2C#N)c(C#N)c1C#N. The van der Waals surface area contributed by atoms with Crippen molar-refractivity contribution in [1.29, 1.82) is 47.4 Å². The Morgan fingerprint density at radius 2 is 0.900 bits per heavy atom. The summed E-state index contributed by atoms with van der Waals surface area (Å²) in [6, 6.07) is 11.0. The molecule has 2 aromatic carbocycles. The maximum absolute atomic E-state index is 13.9. The van der Waals surface area contributed by atoms with Crippen molar-refractivity contribution in [2.75, 3.05) is 0 Å². The van der Waals surface area contributed by atoms with Crippen LogP contribution in [0.4, 0.5) is 26.3 Å². The van der Waals surface area contributed by atoms with E-state index in [2.05, 4.69) is 0 Å². The molecule has 0 saturated carbocycles. The van der Waals surface area contributed by atoms with E-state index in [0.29, 0.717) is 0 Å². The van der Waals surface area contributed by atoms with Crippen LogP contribution in [-0.2, 0) is 12.4 Å². The zero-order valence-corrected chi connectivity index (χ0v) is 18.9. The van der Waals surface area contributed by atoms with Crippen LogP contribution in [0.1, 0.15) is 50.1 Å². The molecule has 0 heterocycles. The number of alkyl halides is 6. The average Bonchev–Trinajstić information content (AvgIpc) is 2.91. The van der Waals surface area contributed by atoms with Gasteiger partial charge in [0.1, 0.15) is 60.2 Å². The molecule has 40 heavy (non-hydrogen) atoms. The summed E-state index contributed by atoms with van der Waals surface area (Å²) in [6.45, 7) is 0. The summed E-state index contributed by atoms with van der Waals surface area (Å²) in [5.41, 5.74) is -16.1. The smallest absolute Gasteiger partial charge is 0.192 e. The van der Waals surface area contributed by atoms with Crippen LogP contribution in [0.2, 0.25) is 0 Å². The fourth-order valence-electron chi connectivity index (χ4n) is 3.70. The predicted octanol–water partition coefficient (Wildman–Crippen LogP) is 2.87. The van der Waals surface area contributed by atoms with E-state index in [1.165, 1.54) is 42.5 Å². The van der Waals surface area contributed by atoms with Crippen LogP contribution in [0.3, 0.4) is 0 Å². The van der Waals surface area contributed by atoms with Gasteiger partial charge in [0.25, 0.3) is 0 Å². The van der Waals surface area contributed by atoms with Crippen molar-refractivity contribution in [2.24, 2.45) is 0 Å². The summed E-state index contributed by atoms with van der Waals surface area (Å²) in [4.78, 5) is 0. The summed E-state index contributed by atoms with van der Waals surface area (Å²) < 4.78 is 83.2. The van der Waals surface area contributed by atoms with Crippen LogP contribution < -0.4 is 10.4 Å². The molecule has 0 radical (unpaired) electrons. The van der Waals surface area contributed by atoms with Gasteiger partial charge in [0.2, 0.25) is 0 Å². The summed E-state index contributed by atoms with van der Waals surface area (Å²) in [5.74, 6) is 0. The minimum absolute atomic E-state index is 0.138. The summed E-state index contributed by atoms with van der Waals surface area (Å²) in [7, 11) is 0. The van der Waals surface area contributed by atoms with Crippen LogP contribution in [0.15, 0.2) is 6.07 Å². The first-order valence-corrected chi connectivity index (χ1v) is 9.72. The van der Waals surface area contributed by atoms with Crippen molar-refractivity contribution in [3.63, 3.8) is 0 Å². The Morgan fingerprint density at radius 3 is 1.20 bits per heavy atom. The van der Waals surface area contributed by atoms with Crippen LogP contribution >= 0.6 is 0 Å². The number of halogens is 6. The second-order valence-corrected chi connectivity index (χ2v) is 7.10. The quantitative estimate of drug-likeness (QED) is 0.484. The van der Waals surface area contributed by atoms with Gasteiger partial charge >= 0.3 is 12.4 Å². The highest BCUT2D eigenvalue weighted by molar-refractivity contribution is 5.86. The normalized spacial score (nSPS) is 10.0. The molecule has 0 unspecified atom stereocenters. The highest BCUT2D eigenvalue weighted by Gasteiger charge is 2.45. The van der Waals surface area contributed by atoms with Crippen molar-refractivity contribution in [2.45, 2.75) is 12.4 Å². The third kappa shape index (κ3) is 4.53. The van der Waals surface area contributed by atoms with Crippen LogP contribution in [-0.4, -0.2) is 0 Å². The Morgan fingerprint density at radius 1 is 0.500 bits per heavy atom. The number of rotatable bonds is 1. The van der Waals surface area contributed by atoms with E-state index in [1.54, 1.807) is 0 Å². The molecule has 0 aliphatic carbocycles. The van der Waals surface area contributed by atoms with Crippen LogP contribution in [0.25, 0.3) is 11.1 Å². The molecule has 0 fully saturated rings. The second kappa shape index (κ2) is 10.7. The molecule has 9 nitrogen and oxygen atoms in total. The van der Waals surface area contributed by atoms with Gasteiger partial charge in [-0.25, -0.2) is 0 Å². The van der Waals surface area contributed by atoms with E-state index in [0.717, 1.165) is 12.1 Å². The number of nitrogens with zero attached hydrogens (tertiary/aromatic N) is 9. The number of hydrogen-bond acceptors (Lipinski definition) is 9. The Hall–Kier alpha value is -6.83. The predicted molar refractivity (Wildman–Crippen MR) is 113 cm³/mol. The lowest BCUT2D eigenvalue weighted by Gasteiger charge is -2.19. The maximum atomic E-state index is 13.9. The minimum Gasteiger partial charge on any atom is -0.192 e. The summed E-state index contributed by atoms with van der Waals surface area (Å²) in [6.07, 6.45) is -11.4. The topological polar surface area (TPSA) is 214 Å². The molecular formula is C25HF6N9. The second-order valence-electron chi connectivity index (χ2n) is 7.10. The Bertz CT molecular complexity index is 1950. The van der Waals surface area contributed by atoms with E-state index < -0.39 is 84.0 Å². The number of hydrogen-bond donors (Lipinski definition) is 0. The molecule has 0 aliphatic rings. The van der Waals surface area contributed by atoms with Crippen molar-refractivity contribution < 1.29 is 26.3 Å². The number of nitriles is 9.